The number of carbonyl (C=O) groups excluding carboxylic acids is 2. The molecule has 0 atom stereocenters. The standard InChI is InChI=1S/C20H16F3NO4S/c1-24(10-13-7-8-29-12-13)18(25)11-27-19(26)17-6-5-16(28-17)14-3-2-4-15(9-14)20(21,22)23/h2-9,12H,10-11H2,1H3. The van der Waals surface area contributed by atoms with Crippen molar-refractivity contribution in [1.82, 2.24) is 4.90 Å². The minimum atomic E-state index is -4.49. The number of esters is 1. The van der Waals surface area contributed by atoms with Crippen LogP contribution in [0, 0.1) is 0 Å². The van der Waals surface area contributed by atoms with Gasteiger partial charge in [0.1, 0.15) is 5.76 Å². The van der Waals surface area contributed by atoms with Crippen molar-refractivity contribution < 1.29 is 31.9 Å². The molecule has 0 spiro atoms. The molecular weight excluding hydrogens is 407 g/mol. The van der Waals surface area contributed by atoms with Gasteiger partial charge in [0.25, 0.3) is 5.91 Å². The van der Waals surface area contributed by atoms with Crippen LogP contribution in [0.4, 0.5) is 13.2 Å². The van der Waals surface area contributed by atoms with Crippen LogP contribution in [0.15, 0.2) is 57.6 Å². The van der Waals surface area contributed by atoms with Gasteiger partial charge in [0.05, 0.1) is 5.56 Å². The number of rotatable bonds is 6. The van der Waals surface area contributed by atoms with Crippen molar-refractivity contribution in [2.45, 2.75) is 12.7 Å². The van der Waals surface area contributed by atoms with Crippen molar-refractivity contribution in [3.8, 4) is 11.3 Å². The third kappa shape index (κ3) is 5.26. The highest BCUT2D eigenvalue weighted by molar-refractivity contribution is 7.07. The zero-order valence-corrected chi connectivity index (χ0v) is 16.0. The smallest absolute Gasteiger partial charge is 0.416 e. The van der Waals surface area contributed by atoms with E-state index in [4.69, 9.17) is 9.15 Å². The van der Waals surface area contributed by atoms with Gasteiger partial charge < -0.3 is 14.1 Å². The second-order valence-electron chi connectivity index (χ2n) is 6.20. The lowest BCUT2D eigenvalue weighted by Gasteiger charge is -2.16. The van der Waals surface area contributed by atoms with E-state index >= 15 is 0 Å². The highest BCUT2D eigenvalue weighted by Gasteiger charge is 2.30. The number of amides is 1. The zero-order chi connectivity index (χ0) is 21.0. The van der Waals surface area contributed by atoms with E-state index < -0.39 is 30.2 Å². The van der Waals surface area contributed by atoms with E-state index in [9.17, 15) is 22.8 Å². The first-order chi connectivity index (χ1) is 13.7. The second-order valence-corrected chi connectivity index (χ2v) is 6.98. The van der Waals surface area contributed by atoms with Gasteiger partial charge in [-0.05, 0) is 46.7 Å². The maximum atomic E-state index is 12.8. The number of carbonyl (C=O) groups is 2. The number of hydrogen-bond acceptors (Lipinski definition) is 5. The Labute approximate surface area is 168 Å². The average Bonchev–Trinajstić information content (AvgIpc) is 3.37. The van der Waals surface area contributed by atoms with Gasteiger partial charge in [0.15, 0.2) is 6.61 Å². The third-order valence-corrected chi connectivity index (χ3v) is 4.77. The molecule has 9 heteroatoms. The summed E-state index contributed by atoms with van der Waals surface area (Å²) in [6.07, 6.45) is -4.49. The van der Waals surface area contributed by atoms with Crippen LogP contribution in [0.3, 0.4) is 0 Å². The lowest BCUT2D eigenvalue weighted by molar-refractivity contribution is -0.137. The Kier molecular flexibility index (Phi) is 6.07. The van der Waals surface area contributed by atoms with E-state index in [2.05, 4.69) is 0 Å². The molecule has 0 N–H and O–H groups in total. The Morgan fingerprint density at radius 2 is 1.97 bits per heavy atom. The molecule has 5 nitrogen and oxygen atoms in total. The third-order valence-electron chi connectivity index (χ3n) is 4.03. The van der Waals surface area contributed by atoms with E-state index in [-0.39, 0.29) is 17.1 Å². The van der Waals surface area contributed by atoms with Crippen LogP contribution in [0.25, 0.3) is 11.3 Å². The fourth-order valence-electron chi connectivity index (χ4n) is 2.50. The van der Waals surface area contributed by atoms with Crippen molar-refractivity contribution >= 4 is 23.2 Å². The summed E-state index contributed by atoms with van der Waals surface area (Å²) in [6, 6.07) is 9.11. The molecule has 2 aromatic heterocycles. The molecule has 0 aliphatic heterocycles. The Hall–Kier alpha value is -3.07. The summed E-state index contributed by atoms with van der Waals surface area (Å²) in [5, 5.41) is 3.81. The Balaban J connectivity index is 1.60. The molecule has 0 unspecified atom stereocenters. The van der Waals surface area contributed by atoms with Crippen molar-refractivity contribution in [3.05, 3.63) is 70.1 Å². The molecule has 0 bridgehead atoms. The van der Waals surface area contributed by atoms with Crippen molar-refractivity contribution in [2.75, 3.05) is 13.7 Å². The zero-order valence-electron chi connectivity index (χ0n) is 15.2. The van der Waals surface area contributed by atoms with Gasteiger partial charge in [-0.1, -0.05) is 12.1 Å². The number of furan rings is 1. The van der Waals surface area contributed by atoms with Gasteiger partial charge in [-0.3, -0.25) is 4.79 Å². The van der Waals surface area contributed by atoms with Crippen LogP contribution < -0.4 is 0 Å². The number of hydrogen-bond donors (Lipinski definition) is 0. The number of alkyl halides is 3. The highest BCUT2D eigenvalue weighted by Crippen LogP contribution is 2.32. The quantitative estimate of drug-likeness (QED) is 0.532. The molecule has 2 heterocycles. The predicted molar refractivity (Wildman–Crippen MR) is 100 cm³/mol. The van der Waals surface area contributed by atoms with E-state index in [0.717, 1.165) is 17.7 Å². The molecule has 0 aliphatic carbocycles. The van der Waals surface area contributed by atoms with Crippen LogP contribution in [0.5, 0.6) is 0 Å². The van der Waals surface area contributed by atoms with E-state index in [1.807, 2.05) is 16.8 Å². The molecule has 3 rings (SSSR count). The first-order valence-electron chi connectivity index (χ1n) is 8.43. The summed E-state index contributed by atoms with van der Waals surface area (Å²) < 4.78 is 48.8. The normalized spacial score (nSPS) is 11.3. The molecule has 152 valence electrons. The van der Waals surface area contributed by atoms with Gasteiger partial charge in [-0.15, -0.1) is 0 Å². The van der Waals surface area contributed by atoms with E-state index in [0.29, 0.717) is 6.54 Å². The molecule has 0 saturated heterocycles. The molecule has 1 aromatic carbocycles. The molecule has 0 aliphatic rings. The van der Waals surface area contributed by atoms with Gasteiger partial charge >= 0.3 is 12.1 Å². The molecule has 0 saturated carbocycles. The SMILES string of the molecule is CN(Cc1ccsc1)C(=O)COC(=O)c1ccc(-c2cccc(C(F)(F)F)c2)o1. The number of nitrogens with zero attached hydrogens (tertiary/aromatic N) is 1. The van der Waals surface area contributed by atoms with Gasteiger partial charge in [0.2, 0.25) is 5.76 Å². The molecule has 0 radical (unpaired) electrons. The van der Waals surface area contributed by atoms with Crippen LogP contribution in [0.2, 0.25) is 0 Å². The number of thiophene rings is 1. The largest absolute Gasteiger partial charge is 0.450 e. The highest BCUT2D eigenvalue weighted by atomic mass is 32.1. The first kappa shape index (κ1) is 20.7. The van der Waals surface area contributed by atoms with Gasteiger partial charge in [-0.2, -0.15) is 24.5 Å². The summed E-state index contributed by atoms with van der Waals surface area (Å²) in [7, 11) is 1.59. The maximum Gasteiger partial charge on any atom is 0.416 e. The average molecular weight is 423 g/mol. The Morgan fingerprint density at radius 1 is 1.17 bits per heavy atom. The molecule has 0 fully saturated rings. The van der Waals surface area contributed by atoms with Crippen LogP contribution in [-0.4, -0.2) is 30.4 Å². The summed E-state index contributed by atoms with van der Waals surface area (Å²) in [5.74, 6) is -1.38. The minimum Gasteiger partial charge on any atom is -0.450 e. The van der Waals surface area contributed by atoms with E-state index in [1.165, 1.54) is 40.5 Å². The number of likely N-dealkylation sites (N-methyl/N-ethyl adjacent to an activating group) is 1. The monoisotopic (exact) mass is 423 g/mol. The van der Waals surface area contributed by atoms with Crippen molar-refractivity contribution in [1.29, 1.82) is 0 Å². The number of benzene rings is 1. The lowest BCUT2D eigenvalue weighted by atomic mass is 10.1. The predicted octanol–water partition coefficient (Wildman–Crippen LogP) is 4.84. The first-order valence-corrected chi connectivity index (χ1v) is 9.38. The van der Waals surface area contributed by atoms with Gasteiger partial charge in [-0.25, -0.2) is 4.79 Å². The van der Waals surface area contributed by atoms with Crippen LogP contribution in [-0.2, 0) is 22.3 Å². The Bertz CT molecular complexity index is 995. The van der Waals surface area contributed by atoms with Gasteiger partial charge in [0, 0.05) is 19.2 Å². The number of halogens is 3. The maximum absolute atomic E-state index is 12.8. The van der Waals surface area contributed by atoms with E-state index in [1.54, 1.807) is 7.05 Å². The van der Waals surface area contributed by atoms with Crippen molar-refractivity contribution in [3.63, 3.8) is 0 Å². The second kappa shape index (κ2) is 8.52. The Morgan fingerprint density at radius 3 is 2.66 bits per heavy atom. The molecule has 29 heavy (non-hydrogen) atoms. The lowest BCUT2D eigenvalue weighted by Crippen LogP contribution is -2.30. The fourth-order valence-corrected chi connectivity index (χ4v) is 3.16. The van der Waals surface area contributed by atoms with Crippen molar-refractivity contribution in [2.24, 2.45) is 0 Å². The topological polar surface area (TPSA) is 59.8 Å². The van der Waals surface area contributed by atoms with Crippen LogP contribution in [0.1, 0.15) is 21.7 Å². The summed E-state index contributed by atoms with van der Waals surface area (Å²) in [4.78, 5) is 25.6. The minimum absolute atomic E-state index is 0.0870. The van der Waals surface area contributed by atoms with Crippen LogP contribution >= 0.6 is 11.3 Å². The fraction of sp³-hybridized carbons (Fsp3) is 0.200. The summed E-state index contributed by atoms with van der Waals surface area (Å²) >= 11 is 1.51. The molecule has 1 amide bonds. The molecular formula is C20H16F3NO4S. The number of ether oxygens (including phenoxy) is 1. The summed E-state index contributed by atoms with van der Waals surface area (Å²) in [5.41, 5.74) is 0.314. The molecule has 3 aromatic rings. The summed E-state index contributed by atoms with van der Waals surface area (Å²) in [6.45, 7) is -0.0839.